The summed E-state index contributed by atoms with van der Waals surface area (Å²) >= 11 is 0. The van der Waals surface area contributed by atoms with Crippen LogP contribution in [0.5, 0.6) is 0 Å². The first-order valence-electron chi connectivity index (χ1n) is 11.5. The lowest BCUT2D eigenvalue weighted by Crippen LogP contribution is -2.36. The van der Waals surface area contributed by atoms with E-state index in [2.05, 4.69) is 26.6 Å². The third-order valence-electron chi connectivity index (χ3n) is 6.81. The fourth-order valence-corrected chi connectivity index (χ4v) is 4.93. The Morgan fingerprint density at radius 1 is 0.971 bits per heavy atom. The molecule has 8 heteroatoms. The van der Waals surface area contributed by atoms with Gasteiger partial charge in [0.25, 0.3) is 5.91 Å². The molecule has 4 heterocycles. The summed E-state index contributed by atoms with van der Waals surface area (Å²) in [6.45, 7) is 3.17. The van der Waals surface area contributed by atoms with Crippen molar-refractivity contribution in [3.05, 3.63) is 66.1 Å². The molecule has 2 amide bonds. The second kappa shape index (κ2) is 7.98. The van der Waals surface area contributed by atoms with Crippen molar-refractivity contribution in [3.8, 4) is 0 Å². The first kappa shape index (κ1) is 20.4. The molecule has 170 valence electrons. The number of amides is 2. The van der Waals surface area contributed by atoms with Gasteiger partial charge in [0.1, 0.15) is 0 Å². The van der Waals surface area contributed by atoms with Gasteiger partial charge >= 0.3 is 0 Å². The van der Waals surface area contributed by atoms with Crippen LogP contribution < -0.4 is 5.32 Å². The molecule has 8 nitrogen and oxygen atoms in total. The number of rotatable bonds is 3. The molecule has 1 aliphatic rings. The smallest absolute Gasteiger partial charge is 0.276 e. The topological polar surface area (TPSA) is 107 Å². The Hall–Kier alpha value is -4.20. The molecule has 3 N–H and O–H groups in total. The van der Waals surface area contributed by atoms with Gasteiger partial charge < -0.3 is 15.2 Å². The van der Waals surface area contributed by atoms with Crippen molar-refractivity contribution in [1.29, 1.82) is 0 Å². The Morgan fingerprint density at radius 2 is 1.76 bits per heavy atom. The van der Waals surface area contributed by atoms with Crippen LogP contribution in [0, 0.1) is 0 Å². The van der Waals surface area contributed by atoms with Gasteiger partial charge in [0.15, 0.2) is 5.69 Å². The number of hydrogen-bond donors (Lipinski definition) is 3. The van der Waals surface area contributed by atoms with Gasteiger partial charge in [-0.15, -0.1) is 0 Å². The van der Waals surface area contributed by atoms with E-state index in [1.165, 1.54) is 0 Å². The van der Waals surface area contributed by atoms with Crippen LogP contribution in [-0.4, -0.2) is 50.0 Å². The lowest BCUT2D eigenvalue weighted by Gasteiger charge is -2.31. The van der Waals surface area contributed by atoms with Crippen molar-refractivity contribution in [2.75, 3.05) is 18.4 Å². The SMILES string of the molecule is CC(=O)N1CCC(c2cc3c(cn2)[nH]c2ccc(NC(=O)c4n[nH]c5ccccc45)cc23)CC1. The van der Waals surface area contributed by atoms with Crippen molar-refractivity contribution in [2.24, 2.45) is 0 Å². The van der Waals surface area contributed by atoms with Crippen LogP contribution in [0.4, 0.5) is 5.69 Å². The number of likely N-dealkylation sites (tertiary alicyclic amines) is 1. The molecule has 0 unspecified atom stereocenters. The van der Waals surface area contributed by atoms with Crippen molar-refractivity contribution >= 4 is 50.2 Å². The number of carbonyl (C=O) groups excluding carboxylic acids is 2. The molecule has 1 aliphatic heterocycles. The fourth-order valence-electron chi connectivity index (χ4n) is 4.93. The third kappa shape index (κ3) is 3.48. The highest BCUT2D eigenvalue weighted by Gasteiger charge is 2.23. The zero-order valence-electron chi connectivity index (χ0n) is 18.8. The van der Waals surface area contributed by atoms with Gasteiger partial charge in [-0.3, -0.25) is 19.7 Å². The summed E-state index contributed by atoms with van der Waals surface area (Å²) in [5.41, 5.74) is 4.91. The number of fused-ring (bicyclic) bond motifs is 4. The van der Waals surface area contributed by atoms with Gasteiger partial charge in [-0.25, -0.2) is 0 Å². The molecule has 0 bridgehead atoms. The zero-order valence-corrected chi connectivity index (χ0v) is 18.8. The van der Waals surface area contributed by atoms with Crippen molar-refractivity contribution in [3.63, 3.8) is 0 Å². The maximum atomic E-state index is 12.9. The van der Waals surface area contributed by atoms with E-state index in [1.807, 2.05) is 53.6 Å². The molecule has 2 aromatic carbocycles. The monoisotopic (exact) mass is 452 g/mol. The third-order valence-corrected chi connectivity index (χ3v) is 6.81. The average molecular weight is 453 g/mol. The minimum atomic E-state index is -0.253. The van der Waals surface area contributed by atoms with Crippen LogP contribution >= 0.6 is 0 Å². The number of anilines is 1. The first-order chi connectivity index (χ1) is 16.6. The molecular weight excluding hydrogens is 428 g/mol. The van der Waals surface area contributed by atoms with Gasteiger partial charge in [-0.1, -0.05) is 18.2 Å². The van der Waals surface area contributed by atoms with Crippen LogP contribution in [0.2, 0.25) is 0 Å². The van der Waals surface area contributed by atoms with E-state index in [9.17, 15) is 9.59 Å². The molecule has 1 fully saturated rings. The van der Waals surface area contributed by atoms with Gasteiger partial charge in [0.2, 0.25) is 5.91 Å². The number of aromatic amines is 2. The Kier molecular flexibility index (Phi) is 4.79. The number of hydrogen-bond acceptors (Lipinski definition) is 4. The minimum Gasteiger partial charge on any atom is -0.353 e. The molecule has 0 atom stereocenters. The van der Waals surface area contributed by atoms with Crippen LogP contribution in [0.1, 0.15) is 41.9 Å². The summed E-state index contributed by atoms with van der Waals surface area (Å²) < 4.78 is 0. The number of carbonyl (C=O) groups is 2. The molecule has 1 saturated heterocycles. The molecule has 34 heavy (non-hydrogen) atoms. The van der Waals surface area contributed by atoms with Gasteiger partial charge in [0.05, 0.1) is 17.2 Å². The molecule has 0 spiro atoms. The number of nitrogens with one attached hydrogen (secondary N) is 3. The van der Waals surface area contributed by atoms with Crippen LogP contribution in [0.25, 0.3) is 32.7 Å². The number of nitrogens with zero attached hydrogens (tertiary/aromatic N) is 3. The van der Waals surface area contributed by atoms with E-state index >= 15 is 0 Å². The Morgan fingerprint density at radius 3 is 2.59 bits per heavy atom. The zero-order chi connectivity index (χ0) is 23.2. The van der Waals surface area contributed by atoms with E-state index in [-0.39, 0.29) is 11.8 Å². The highest BCUT2D eigenvalue weighted by molar-refractivity contribution is 6.13. The maximum Gasteiger partial charge on any atom is 0.276 e. The van der Waals surface area contributed by atoms with Gasteiger partial charge in [-0.05, 0) is 43.2 Å². The maximum absolute atomic E-state index is 12.9. The highest BCUT2D eigenvalue weighted by Crippen LogP contribution is 2.32. The molecular formula is C26H24N6O2. The lowest BCUT2D eigenvalue weighted by molar-refractivity contribution is -0.129. The Labute approximate surface area is 195 Å². The largest absolute Gasteiger partial charge is 0.353 e. The standard InChI is InChI=1S/C26H24N6O2/c1-15(33)32-10-8-16(9-11-32)23-13-20-19-12-17(6-7-21(19)29-24(20)14-27-23)28-26(34)25-18-4-2-3-5-22(18)30-31-25/h2-7,12-14,16,29H,8-11H2,1H3,(H,28,34)(H,30,31). The lowest BCUT2D eigenvalue weighted by atomic mass is 9.92. The number of H-pyrrole nitrogens is 2. The van der Waals surface area contributed by atoms with E-state index in [4.69, 9.17) is 4.98 Å². The van der Waals surface area contributed by atoms with E-state index in [1.54, 1.807) is 6.92 Å². The minimum absolute atomic E-state index is 0.135. The average Bonchev–Trinajstić information content (AvgIpc) is 3.45. The second-order valence-corrected chi connectivity index (χ2v) is 8.89. The summed E-state index contributed by atoms with van der Waals surface area (Å²) in [6.07, 6.45) is 3.72. The van der Waals surface area contributed by atoms with E-state index in [0.29, 0.717) is 17.3 Å². The first-order valence-corrected chi connectivity index (χ1v) is 11.5. The van der Waals surface area contributed by atoms with E-state index < -0.39 is 0 Å². The molecule has 0 aliphatic carbocycles. The van der Waals surface area contributed by atoms with Crippen LogP contribution in [-0.2, 0) is 4.79 Å². The predicted molar refractivity (Wildman–Crippen MR) is 132 cm³/mol. The van der Waals surface area contributed by atoms with Crippen LogP contribution in [0.3, 0.4) is 0 Å². The Balaban J connectivity index is 1.30. The second-order valence-electron chi connectivity index (χ2n) is 8.89. The molecule has 3 aromatic heterocycles. The van der Waals surface area contributed by atoms with E-state index in [0.717, 1.165) is 64.3 Å². The summed E-state index contributed by atoms with van der Waals surface area (Å²) in [7, 11) is 0. The number of benzene rings is 2. The number of piperidine rings is 1. The summed E-state index contributed by atoms with van der Waals surface area (Å²) in [4.78, 5) is 34.6. The number of pyridine rings is 1. The summed E-state index contributed by atoms with van der Waals surface area (Å²) in [5.74, 6) is 0.216. The molecule has 0 radical (unpaired) electrons. The number of para-hydroxylation sites is 1. The van der Waals surface area contributed by atoms with Crippen molar-refractivity contribution in [1.82, 2.24) is 25.1 Å². The number of aromatic nitrogens is 4. The van der Waals surface area contributed by atoms with Gasteiger partial charge in [0, 0.05) is 59.0 Å². The van der Waals surface area contributed by atoms with Gasteiger partial charge in [-0.2, -0.15) is 5.10 Å². The normalized spacial score (nSPS) is 14.8. The summed E-state index contributed by atoms with van der Waals surface area (Å²) in [6, 6.07) is 15.6. The Bertz CT molecular complexity index is 1560. The summed E-state index contributed by atoms with van der Waals surface area (Å²) in [5, 5.41) is 13.0. The fraction of sp³-hybridized carbons (Fsp3) is 0.231. The van der Waals surface area contributed by atoms with Crippen molar-refractivity contribution < 1.29 is 9.59 Å². The van der Waals surface area contributed by atoms with Crippen molar-refractivity contribution in [2.45, 2.75) is 25.7 Å². The quantitative estimate of drug-likeness (QED) is 0.373. The molecule has 6 rings (SSSR count). The highest BCUT2D eigenvalue weighted by atomic mass is 16.2. The van der Waals surface area contributed by atoms with Crippen LogP contribution in [0.15, 0.2) is 54.7 Å². The molecule has 0 saturated carbocycles. The molecule has 5 aromatic rings. The predicted octanol–water partition coefficient (Wildman–Crippen LogP) is 4.57.